The summed E-state index contributed by atoms with van der Waals surface area (Å²) in [6, 6.07) is 0. The van der Waals surface area contributed by atoms with E-state index in [1.807, 2.05) is 0 Å². The average molecular weight is 595 g/mol. The van der Waals surface area contributed by atoms with E-state index in [1.54, 1.807) is 0 Å². The Kier molecular flexibility index (Phi) is 6.25. The highest BCUT2D eigenvalue weighted by Gasteiger charge is 2.53. The number of nitrogen functional groups attached to an aromatic ring is 1. The molecule has 0 saturated carbocycles. The third kappa shape index (κ3) is 4.36. The molecule has 3 fully saturated rings. The number of aliphatic hydroxyl groups is 1. The summed E-state index contributed by atoms with van der Waals surface area (Å²) < 4.78 is 54.8. The maximum atomic E-state index is 16.0. The van der Waals surface area contributed by atoms with Crippen LogP contribution in [-0.4, -0.2) is 82.2 Å². The molecule has 0 aliphatic carbocycles. The Morgan fingerprint density at radius 3 is 2.68 bits per heavy atom. The van der Waals surface area contributed by atoms with Crippen LogP contribution in [0.2, 0.25) is 0 Å². The molecule has 7 heterocycles. The van der Waals surface area contributed by atoms with Crippen molar-refractivity contribution in [3.05, 3.63) is 24.7 Å². The molecule has 2 bridgehead atoms. The van der Waals surface area contributed by atoms with Crippen LogP contribution in [0.15, 0.2) is 24.0 Å². The van der Waals surface area contributed by atoms with Gasteiger partial charge in [-0.15, -0.1) is 0 Å². The van der Waals surface area contributed by atoms with E-state index in [9.17, 15) is 14.6 Å². The minimum Gasteiger partial charge on any atom is -0.387 e. The molecular formula is C21H27FN11O7P. The topological polar surface area (TPSA) is 258 Å². The highest BCUT2D eigenvalue weighted by molar-refractivity contribution is 7.47. The Balaban J connectivity index is 1.18. The van der Waals surface area contributed by atoms with Gasteiger partial charge in [-0.2, -0.15) is 0 Å². The molecular weight excluding hydrogens is 568 g/mol. The van der Waals surface area contributed by atoms with Crippen molar-refractivity contribution in [2.45, 2.75) is 62.1 Å². The lowest BCUT2D eigenvalue weighted by molar-refractivity contribution is -0.0583. The quantitative estimate of drug-likeness (QED) is 0.202. The fourth-order valence-electron chi connectivity index (χ4n) is 5.84. The van der Waals surface area contributed by atoms with Gasteiger partial charge >= 0.3 is 7.82 Å². The van der Waals surface area contributed by atoms with Crippen molar-refractivity contribution in [3.63, 3.8) is 0 Å². The molecule has 3 aromatic rings. The predicted molar refractivity (Wildman–Crippen MR) is 136 cm³/mol. The van der Waals surface area contributed by atoms with Crippen molar-refractivity contribution < 1.29 is 37.5 Å². The second-order valence-corrected chi connectivity index (χ2v) is 11.6. The van der Waals surface area contributed by atoms with Crippen LogP contribution in [0.5, 0.6) is 0 Å². The molecule has 0 radical (unpaired) electrons. The standard InChI is InChI=1S/C21H27FN11O7P/c22-10-7-1-2-8-13(34)14(20(38-8)33-6-29-12-16(24)30-21(25)31-18(12)33)40-41(35,36)37-3-9(7)39-19(10)32-5-28-11-15(23)26-4-27-17(11)32/h4-10,13-14,16,19-20,34H,1-3,24H2,(H,35,36)(H2,23,26,27)(H3,25,30,31). The summed E-state index contributed by atoms with van der Waals surface area (Å²) in [5.74, 6) is -0.327. The van der Waals surface area contributed by atoms with Crippen molar-refractivity contribution in [3.8, 4) is 0 Å². The number of halogens is 1. The van der Waals surface area contributed by atoms with E-state index in [0.29, 0.717) is 11.5 Å². The Hall–Kier alpha value is -3.29. The summed E-state index contributed by atoms with van der Waals surface area (Å²) in [4.78, 5) is 31.1. The molecule has 4 aliphatic heterocycles. The minimum atomic E-state index is -4.82. The van der Waals surface area contributed by atoms with Gasteiger partial charge in [0, 0.05) is 5.92 Å². The molecule has 220 valence electrons. The number of alkyl halides is 1. The molecule has 0 spiro atoms. The first-order valence-electron chi connectivity index (χ1n) is 12.8. The van der Waals surface area contributed by atoms with Gasteiger partial charge < -0.3 is 42.0 Å². The number of nitrogens with two attached hydrogens (primary N) is 3. The summed E-state index contributed by atoms with van der Waals surface area (Å²) in [6.07, 6.45) is -5.05. The Morgan fingerprint density at radius 2 is 1.85 bits per heavy atom. The lowest BCUT2D eigenvalue weighted by Crippen LogP contribution is -2.35. The maximum Gasteiger partial charge on any atom is 0.472 e. The highest BCUT2D eigenvalue weighted by atomic mass is 31.2. The van der Waals surface area contributed by atoms with Gasteiger partial charge in [-0.1, -0.05) is 0 Å². The Morgan fingerprint density at radius 1 is 1.07 bits per heavy atom. The van der Waals surface area contributed by atoms with Crippen LogP contribution in [0.1, 0.15) is 37.2 Å². The first-order chi connectivity index (χ1) is 19.6. The number of fused-ring (bicyclic) bond motifs is 5. The van der Waals surface area contributed by atoms with Crippen LogP contribution in [0, 0.1) is 5.92 Å². The Labute approximate surface area is 230 Å². The molecule has 3 aromatic heterocycles. The van der Waals surface area contributed by atoms with Crippen LogP contribution < -0.4 is 22.5 Å². The average Bonchev–Trinajstić information content (AvgIpc) is 3.67. The summed E-state index contributed by atoms with van der Waals surface area (Å²) in [6.45, 7) is -0.456. The summed E-state index contributed by atoms with van der Waals surface area (Å²) in [5, 5.41) is 14.0. The molecule has 7 rings (SSSR count). The number of aliphatic imine (C=N–C) groups is 1. The number of ether oxygens (including phenoxy) is 2. The zero-order valence-corrected chi connectivity index (χ0v) is 22.1. The van der Waals surface area contributed by atoms with Crippen LogP contribution in [0.4, 0.5) is 16.0 Å². The van der Waals surface area contributed by atoms with Gasteiger partial charge in [-0.3, -0.25) is 18.2 Å². The lowest BCUT2D eigenvalue weighted by atomic mass is 9.91. The van der Waals surface area contributed by atoms with Gasteiger partial charge in [-0.25, -0.2) is 33.9 Å². The number of aliphatic hydroxyl groups excluding tert-OH is 1. The Bertz CT molecular complexity index is 1570. The molecule has 18 nitrogen and oxygen atoms in total. The third-order valence-corrected chi connectivity index (χ3v) is 8.77. The lowest BCUT2D eigenvalue weighted by Gasteiger charge is -2.27. The van der Waals surface area contributed by atoms with Gasteiger partial charge in [-0.05, 0) is 12.8 Å². The van der Waals surface area contributed by atoms with E-state index in [4.69, 9.17) is 35.7 Å². The predicted octanol–water partition coefficient (Wildman–Crippen LogP) is -0.591. The number of nitrogens with zero attached hydrogens (tertiary/aromatic N) is 7. The number of imidazole rings is 2. The number of phosphoric ester groups is 1. The van der Waals surface area contributed by atoms with Crippen molar-refractivity contribution in [2.24, 2.45) is 22.4 Å². The largest absolute Gasteiger partial charge is 0.472 e. The number of phosphoric acid groups is 1. The SMILES string of the molecule is NC1=NC(N)c2ncn(C3OC4CCC5C(COP(=O)(O)OC3C4O)OC(n3cnc4c(N)ncnc43)C5F)c2N1. The number of hydrogen-bond donors (Lipinski definition) is 6. The number of guanidine groups is 1. The van der Waals surface area contributed by atoms with E-state index in [1.165, 1.54) is 28.1 Å². The molecule has 3 saturated heterocycles. The molecule has 10 unspecified atom stereocenters. The molecule has 4 aliphatic rings. The molecule has 0 amide bonds. The number of anilines is 2. The van der Waals surface area contributed by atoms with Crippen LogP contribution in [0.3, 0.4) is 0 Å². The molecule has 0 aromatic carbocycles. The van der Waals surface area contributed by atoms with Crippen molar-refractivity contribution in [1.82, 2.24) is 29.1 Å². The van der Waals surface area contributed by atoms with Crippen molar-refractivity contribution >= 4 is 36.6 Å². The van der Waals surface area contributed by atoms with Crippen LogP contribution in [0.25, 0.3) is 11.2 Å². The van der Waals surface area contributed by atoms with Crippen molar-refractivity contribution in [1.29, 1.82) is 0 Å². The number of nitrogens with one attached hydrogen (secondary N) is 1. The van der Waals surface area contributed by atoms with E-state index in [0.717, 1.165) is 0 Å². The van der Waals surface area contributed by atoms with E-state index in [2.05, 4.69) is 30.2 Å². The smallest absolute Gasteiger partial charge is 0.387 e. The minimum absolute atomic E-state index is 0.0283. The third-order valence-electron chi connectivity index (χ3n) is 7.79. The van der Waals surface area contributed by atoms with Crippen molar-refractivity contribution in [2.75, 3.05) is 17.7 Å². The monoisotopic (exact) mass is 595 g/mol. The van der Waals surface area contributed by atoms with Gasteiger partial charge in [0.1, 0.15) is 41.7 Å². The van der Waals surface area contributed by atoms with E-state index in [-0.39, 0.29) is 35.8 Å². The van der Waals surface area contributed by atoms with Gasteiger partial charge in [0.05, 0.1) is 31.5 Å². The second-order valence-electron chi connectivity index (χ2n) is 10.2. The molecule has 41 heavy (non-hydrogen) atoms. The maximum absolute atomic E-state index is 16.0. The normalized spacial score (nSPS) is 39.0. The number of aromatic nitrogens is 6. The summed E-state index contributed by atoms with van der Waals surface area (Å²) in [7, 11) is -4.82. The molecule has 10 atom stereocenters. The van der Waals surface area contributed by atoms with Crippen LogP contribution >= 0.6 is 7.82 Å². The first-order valence-corrected chi connectivity index (χ1v) is 14.2. The molecule has 20 heteroatoms. The second kappa shape index (κ2) is 9.63. The zero-order valence-electron chi connectivity index (χ0n) is 21.2. The van der Waals surface area contributed by atoms with Crippen LogP contribution in [-0.2, 0) is 23.1 Å². The number of hydrogen-bond acceptors (Lipinski definition) is 15. The number of rotatable bonds is 2. The van der Waals surface area contributed by atoms with E-state index >= 15 is 4.39 Å². The zero-order chi connectivity index (χ0) is 28.6. The fraction of sp³-hybridized carbons (Fsp3) is 0.571. The van der Waals surface area contributed by atoms with E-state index < -0.39 is 69.6 Å². The summed E-state index contributed by atoms with van der Waals surface area (Å²) in [5.41, 5.74) is 18.6. The van der Waals surface area contributed by atoms with Gasteiger partial charge in [0.2, 0.25) is 0 Å². The van der Waals surface area contributed by atoms with Gasteiger partial charge in [0.15, 0.2) is 36.1 Å². The summed E-state index contributed by atoms with van der Waals surface area (Å²) >= 11 is 0. The highest BCUT2D eigenvalue weighted by Crippen LogP contribution is 2.52. The fourth-order valence-corrected chi connectivity index (χ4v) is 6.77. The first kappa shape index (κ1) is 26.6. The molecule has 9 N–H and O–H groups in total. The van der Waals surface area contributed by atoms with Gasteiger partial charge in [0.25, 0.3) is 0 Å².